The second kappa shape index (κ2) is 11.8. The Kier molecular flexibility index (Phi) is 8.55. The standard InChI is InChI=1S/C25H26N2O3S/c1-19(31-18-21-11-7-4-8-12-21)25(28)27-26-16-22-13-14-23(24(15-22)29-2)30-17-20-9-5-3-6-10-20/h3-16,19H,17-18H2,1-2H3,(H,27,28)/b26-16-/t19-/m0/s1. The number of hydrogen-bond donors (Lipinski definition) is 1. The van der Waals surface area contributed by atoms with Crippen molar-refractivity contribution in [2.75, 3.05) is 7.11 Å². The molecule has 0 aliphatic carbocycles. The molecule has 0 aromatic heterocycles. The van der Waals surface area contributed by atoms with Gasteiger partial charge in [0.25, 0.3) is 5.91 Å². The number of nitrogens with zero attached hydrogens (tertiary/aromatic N) is 1. The molecule has 3 aromatic carbocycles. The number of ether oxygens (including phenoxy) is 2. The SMILES string of the molecule is COc1cc(/C=N\NC(=O)[C@H](C)SCc2ccccc2)ccc1OCc1ccccc1. The number of carbonyl (C=O) groups excluding carboxylic acids is 1. The lowest BCUT2D eigenvalue weighted by atomic mass is 10.2. The highest BCUT2D eigenvalue weighted by Gasteiger charge is 2.12. The molecule has 31 heavy (non-hydrogen) atoms. The second-order valence-electron chi connectivity index (χ2n) is 6.86. The van der Waals surface area contributed by atoms with E-state index in [0.29, 0.717) is 18.1 Å². The molecule has 0 spiro atoms. The summed E-state index contributed by atoms with van der Waals surface area (Å²) in [5, 5.41) is 3.87. The minimum Gasteiger partial charge on any atom is -0.493 e. The molecule has 0 heterocycles. The van der Waals surface area contributed by atoms with Crippen molar-refractivity contribution in [2.45, 2.75) is 24.5 Å². The largest absolute Gasteiger partial charge is 0.493 e. The summed E-state index contributed by atoms with van der Waals surface area (Å²) < 4.78 is 11.3. The van der Waals surface area contributed by atoms with E-state index in [2.05, 4.69) is 22.7 Å². The van der Waals surface area contributed by atoms with Gasteiger partial charge in [0.2, 0.25) is 0 Å². The van der Waals surface area contributed by atoms with Gasteiger partial charge in [-0.2, -0.15) is 5.10 Å². The molecule has 0 fully saturated rings. The molecule has 0 saturated carbocycles. The van der Waals surface area contributed by atoms with Gasteiger partial charge < -0.3 is 9.47 Å². The zero-order chi connectivity index (χ0) is 21.9. The predicted molar refractivity (Wildman–Crippen MR) is 127 cm³/mol. The van der Waals surface area contributed by atoms with Crippen molar-refractivity contribution in [1.29, 1.82) is 0 Å². The average molecular weight is 435 g/mol. The van der Waals surface area contributed by atoms with Gasteiger partial charge in [-0.3, -0.25) is 4.79 Å². The Hall–Kier alpha value is -3.25. The number of thioether (sulfide) groups is 1. The van der Waals surface area contributed by atoms with Gasteiger partial charge in [-0.15, -0.1) is 11.8 Å². The highest BCUT2D eigenvalue weighted by Crippen LogP contribution is 2.28. The summed E-state index contributed by atoms with van der Waals surface area (Å²) in [7, 11) is 1.60. The Morgan fingerprint density at radius 3 is 2.35 bits per heavy atom. The maximum atomic E-state index is 12.3. The van der Waals surface area contributed by atoms with E-state index in [1.807, 2.05) is 73.7 Å². The Morgan fingerprint density at radius 2 is 1.68 bits per heavy atom. The van der Waals surface area contributed by atoms with Crippen LogP contribution in [0.5, 0.6) is 11.5 Å². The predicted octanol–water partition coefficient (Wildman–Crippen LogP) is 5.05. The summed E-state index contributed by atoms with van der Waals surface area (Å²) in [6, 6.07) is 25.6. The third-order valence-electron chi connectivity index (χ3n) is 4.53. The molecule has 3 aromatic rings. The van der Waals surface area contributed by atoms with Crippen LogP contribution in [0.25, 0.3) is 0 Å². The highest BCUT2D eigenvalue weighted by atomic mass is 32.2. The molecule has 1 N–H and O–H groups in total. The topological polar surface area (TPSA) is 59.9 Å². The van der Waals surface area contributed by atoms with Crippen molar-refractivity contribution < 1.29 is 14.3 Å². The van der Waals surface area contributed by atoms with Gasteiger partial charge in [0.15, 0.2) is 11.5 Å². The first-order valence-corrected chi connectivity index (χ1v) is 11.0. The monoisotopic (exact) mass is 434 g/mol. The zero-order valence-electron chi connectivity index (χ0n) is 17.7. The quantitative estimate of drug-likeness (QED) is 0.358. The number of nitrogens with one attached hydrogen (secondary N) is 1. The van der Waals surface area contributed by atoms with E-state index in [1.54, 1.807) is 25.1 Å². The van der Waals surface area contributed by atoms with E-state index in [4.69, 9.17) is 9.47 Å². The number of rotatable bonds is 10. The lowest BCUT2D eigenvalue weighted by Crippen LogP contribution is -2.27. The van der Waals surface area contributed by atoms with Gasteiger partial charge in [0.1, 0.15) is 6.61 Å². The van der Waals surface area contributed by atoms with Gasteiger partial charge >= 0.3 is 0 Å². The maximum absolute atomic E-state index is 12.3. The van der Waals surface area contributed by atoms with Crippen LogP contribution < -0.4 is 14.9 Å². The molecule has 0 saturated heterocycles. The molecule has 0 unspecified atom stereocenters. The van der Waals surface area contributed by atoms with Crippen LogP contribution in [0.2, 0.25) is 0 Å². The lowest BCUT2D eigenvalue weighted by molar-refractivity contribution is -0.120. The van der Waals surface area contributed by atoms with E-state index < -0.39 is 0 Å². The summed E-state index contributed by atoms with van der Waals surface area (Å²) in [5.74, 6) is 1.91. The summed E-state index contributed by atoms with van der Waals surface area (Å²) >= 11 is 1.57. The molecular formula is C25H26N2O3S. The Bertz CT molecular complexity index is 994. The molecule has 0 bridgehead atoms. The lowest BCUT2D eigenvalue weighted by Gasteiger charge is -2.11. The molecule has 160 valence electrons. The van der Waals surface area contributed by atoms with Gasteiger partial charge in [-0.05, 0) is 41.8 Å². The van der Waals surface area contributed by atoms with Crippen LogP contribution in [0.1, 0.15) is 23.6 Å². The number of carbonyl (C=O) groups is 1. The molecule has 1 amide bonds. The van der Waals surface area contributed by atoms with Crippen molar-refractivity contribution in [3.63, 3.8) is 0 Å². The van der Waals surface area contributed by atoms with E-state index >= 15 is 0 Å². The van der Waals surface area contributed by atoms with Crippen LogP contribution in [0.15, 0.2) is 84.0 Å². The highest BCUT2D eigenvalue weighted by molar-refractivity contribution is 7.99. The first kappa shape index (κ1) is 22.4. The van der Waals surface area contributed by atoms with Gasteiger partial charge in [0.05, 0.1) is 18.6 Å². The molecule has 0 aliphatic rings. The fraction of sp³-hybridized carbons (Fsp3) is 0.200. The van der Waals surface area contributed by atoms with E-state index in [9.17, 15) is 4.79 Å². The minimum atomic E-state index is -0.208. The summed E-state index contributed by atoms with van der Waals surface area (Å²) in [5.41, 5.74) is 5.68. The number of methoxy groups -OCH3 is 1. The van der Waals surface area contributed by atoms with E-state index in [0.717, 1.165) is 16.9 Å². The second-order valence-corrected chi connectivity index (χ2v) is 8.19. The zero-order valence-corrected chi connectivity index (χ0v) is 18.5. The molecule has 0 radical (unpaired) electrons. The van der Waals surface area contributed by atoms with Gasteiger partial charge in [-0.1, -0.05) is 60.7 Å². The molecule has 0 aliphatic heterocycles. The first-order chi connectivity index (χ1) is 15.2. The van der Waals surface area contributed by atoms with Crippen LogP contribution in [-0.2, 0) is 17.2 Å². The Morgan fingerprint density at radius 1 is 1.00 bits per heavy atom. The smallest absolute Gasteiger partial charge is 0.252 e. The fourth-order valence-corrected chi connectivity index (χ4v) is 3.59. The van der Waals surface area contributed by atoms with Crippen LogP contribution in [0.4, 0.5) is 0 Å². The summed E-state index contributed by atoms with van der Waals surface area (Å²) in [6.07, 6.45) is 1.59. The van der Waals surface area contributed by atoms with Crippen LogP contribution in [0.3, 0.4) is 0 Å². The molecular weight excluding hydrogens is 408 g/mol. The molecule has 1 atom stereocenters. The maximum Gasteiger partial charge on any atom is 0.252 e. The Balaban J connectivity index is 1.51. The fourth-order valence-electron chi connectivity index (χ4n) is 2.75. The van der Waals surface area contributed by atoms with Gasteiger partial charge in [-0.25, -0.2) is 5.43 Å². The number of hydrazone groups is 1. The van der Waals surface area contributed by atoms with Crippen molar-refractivity contribution in [3.8, 4) is 11.5 Å². The van der Waals surface area contributed by atoms with Crippen molar-refractivity contribution in [1.82, 2.24) is 5.43 Å². The van der Waals surface area contributed by atoms with Crippen molar-refractivity contribution in [3.05, 3.63) is 95.6 Å². The van der Waals surface area contributed by atoms with Crippen LogP contribution in [0, 0.1) is 0 Å². The number of hydrogen-bond acceptors (Lipinski definition) is 5. The molecule has 3 rings (SSSR count). The van der Waals surface area contributed by atoms with Crippen molar-refractivity contribution in [2.24, 2.45) is 5.10 Å². The third-order valence-corrected chi connectivity index (χ3v) is 5.74. The normalized spacial score (nSPS) is 11.8. The number of benzene rings is 3. The number of amides is 1. The van der Waals surface area contributed by atoms with E-state index in [-0.39, 0.29) is 11.2 Å². The Labute approximate surface area is 187 Å². The first-order valence-electron chi connectivity index (χ1n) is 9.99. The molecule has 6 heteroatoms. The summed E-state index contributed by atoms with van der Waals surface area (Å²) in [4.78, 5) is 12.3. The molecule has 5 nitrogen and oxygen atoms in total. The van der Waals surface area contributed by atoms with E-state index in [1.165, 1.54) is 5.56 Å². The van der Waals surface area contributed by atoms with Crippen LogP contribution >= 0.6 is 11.8 Å². The average Bonchev–Trinajstić information content (AvgIpc) is 2.82. The third kappa shape index (κ3) is 7.19. The summed E-state index contributed by atoms with van der Waals surface area (Å²) in [6.45, 7) is 2.33. The minimum absolute atomic E-state index is 0.132. The van der Waals surface area contributed by atoms with Crippen LogP contribution in [-0.4, -0.2) is 24.5 Å². The van der Waals surface area contributed by atoms with Crippen molar-refractivity contribution >= 4 is 23.9 Å². The van der Waals surface area contributed by atoms with Gasteiger partial charge in [0, 0.05) is 5.75 Å².